The number of nitro benzene ring substituents is 2. The Bertz CT molecular complexity index is 976. The van der Waals surface area contributed by atoms with Crippen LogP contribution in [0.4, 0.5) is 17.1 Å². The number of non-ortho nitro benzene ring substituents is 1. The molecule has 0 amide bonds. The Morgan fingerprint density at radius 3 is 2.29 bits per heavy atom. The van der Waals surface area contributed by atoms with Gasteiger partial charge >= 0.3 is 5.69 Å². The standard InChI is InChI=1S/C16H15N7O5/c1-28-13-5-2-11(3-6-13)16(21-9-17-18-10-21)20-19-14-7-4-12(22(24)25)8-15(14)23(26)27/h2-10,16,19-20H,1H3. The van der Waals surface area contributed by atoms with Crippen molar-refractivity contribution in [1.82, 2.24) is 20.2 Å². The number of hydrazine groups is 1. The average molecular weight is 385 g/mol. The van der Waals surface area contributed by atoms with Gasteiger partial charge in [0.25, 0.3) is 5.69 Å². The van der Waals surface area contributed by atoms with Gasteiger partial charge in [0.05, 0.1) is 23.0 Å². The second kappa shape index (κ2) is 8.09. The highest BCUT2D eigenvalue weighted by molar-refractivity contribution is 5.64. The molecule has 0 aliphatic carbocycles. The third-order valence-corrected chi connectivity index (χ3v) is 3.90. The monoisotopic (exact) mass is 385 g/mol. The lowest BCUT2D eigenvalue weighted by Crippen LogP contribution is -2.32. The Morgan fingerprint density at radius 2 is 1.71 bits per heavy atom. The van der Waals surface area contributed by atoms with Crippen molar-refractivity contribution in [2.75, 3.05) is 12.5 Å². The number of benzene rings is 2. The molecule has 1 unspecified atom stereocenters. The predicted molar refractivity (Wildman–Crippen MR) is 97.7 cm³/mol. The van der Waals surface area contributed by atoms with Crippen LogP contribution in [0, 0.1) is 20.2 Å². The van der Waals surface area contributed by atoms with E-state index in [-0.39, 0.29) is 11.4 Å². The summed E-state index contributed by atoms with van der Waals surface area (Å²) in [6, 6.07) is 10.5. The lowest BCUT2D eigenvalue weighted by Gasteiger charge is -2.21. The van der Waals surface area contributed by atoms with Gasteiger partial charge in [-0.1, -0.05) is 12.1 Å². The number of ether oxygens (including phenoxy) is 1. The van der Waals surface area contributed by atoms with Crippen LogP contribution in [0.5, 0.6) is 5.75 Å². The zero-order valence-corrected chi connectivity index (χ0v) is 14.6. The molecule has 1 aromatic heterocycles. The van der Waals surface area contributed by atoms with Crippen LogP contribution >= 0.6 is 0 Å². The Kier molecular flexibility index (Phi) is 5.41. The van der Waals surface area contributed by atoms with Gasteiger partial charge in [-0.15, -0.1) is 10.2 Å². The fourth-order valence-electron chi connectivity index (χ4n) is 2.49. The smallest absolute Gasteiger partial charge is 0.300 e. The third-order valence-electron chi connectivity index (χ3n) is 3.90. The van der Waals surface area contributed by atoms with Crippen molar-refractivity contribution in [3.63, 3.8) is 0 Å². The zero-order chi connectivity index (χ0) is 20.1. The van der Waals surface area contributed by atoms with Crippen LogP contribution in [0.25, 0.3) is 0 Å². The first-order valence-electron chi connectivity index (χ1n) is 7.92. The van der Waals surface area contributed by atoms with Gasteiger partial charge < -0.3 is 10.2 Å². The molecule has 0 saturated carbocycles. The van der Waals surface area contributed by atoms with Crippen LogP contribution in [-0.4, -0.2) is 31.7 Å². The number of methoxy groups -OCH3 is 1. The van der Waals surface area contributed by atoms with Crippen LogP contribution in [0.2, 0.25) is 0 Å². The zero-order valence-electron chi connectivity index (χ0n) is 14.6. The fraction of sp³-hybridized carbons (Fsp3) is 0.125. The summed E-state index contributed by atoms with van der Waals surface area (Å²) in [6.45, 7) is 0. The van der Waals surface area contributed by atoms with Gasteiger partial charge in [-0.05, 0) is 23.8 Å². The van der Waals surface area contributed by atoms with Gasteiger partial charge in [-0.3, -0.25) is 24.8 Å². The van der Waals surface area contributed by atoms with Crippen molar-refractivity contribution in [2.24, 2.45) is 0 Å². The quantitative estimate of drug-likeness (QED) is 0.439. The summed E-state index contributed by atoms with van der Waals surface area (Å²) in [6.07, 6.45) is 2.44. The lowest BCUT2D eigenvalue weighted by molar-refractivity contribution is -0.393. The highest BCUT2D eigenvalue weighted by Crippen LogP contribution is 2.29. The molecule has 2 N–H and O–H groups in total. The fourth-order valence-corrected chi connectivity index (χ4v) is 2.49. The molecule has 0 spiro atoms. The van der Waals surface area contributed by atoms with E-state index in [1.807, 2.05) is 12.1 Å². The van der Waals surface area contributed by atoms with E-state index in [1.54, 1.807) is 23.8 Å². The van der Waals surface area contributed by atoms with Gasteiger partial charge in [0.1, 0.15) is 30.3 Å². The van der Waals surface area contributed by atoms with Crippen LogP contribution in [-0.2, 0) is 0 Å². The minimum atomic E-state index is -0.696. The van der Waals surface area contributed by atoms with E-state index < -0.39 is 21.7 Å². The average Bonchev–Trinajstić information content (AvgIpc) is 3.23. The Balaban J connectivity index is 1.88. The number of rotatable bonds is 8. The van der Waals surface area contributed by atoms with Gasteiger partial charge in [0.2, 0.25) is 0 Å². The van der Waals surface area contributed by atoms with Crippen LogP contribution in [0.1, 0.15) is 11.7 Å². The number of anilines is 1. The second-order valence-corrected chi connectivity index (χ2v) is 5.57. The number of nitrogens with zero attached hydrogens (tertiary/aromatic N) is 5. The van der Waals surface area contributed by atoms with E-state index in [9.17, 15) is 20.2 Å². The normalized spacial score (nSPS) is 11.6. The SMILES string of the molecule is COc1ccc(C(NNc2ccc([N+](=O)[O-])cc2[N+](=O)[O-])n2cnnc2)cc1. The topological polar surface area (TPSA) is 150 Å². The molecule has 0 aliphatic rings. The molecule has 12 nitrogen and oxygen atoms in total. The second-order valence-electron chi connectivity index (χ2n) is 5.57. The summed E-state index contributed by atoms with van der Waals surface area (Å²) < 4.78 is 6.79. The molecule has 144 valence electrons. The maximum Gasteiger partial charge on any atom is 0.300 e. The van der Waals surface area contributed by atoms with E-state index in [2.05, 4.69) is 21.0 Å². The van der Waals surface area contributed by atoms with Crippen LogP contribution < -0.4 is 15.6 Å². The lowest BCUT2D eigenvalue weighted by atomic mass is 10.1. The maximum atomic E-state index is 11.3. The molecule has 2 aromatic carbocycles. The van der Waals surface area contributed by atoms with Crippen molar-refractivity contribution in [2.45, 2.75) is 6.17 Å². The largest absolute Gasteiger partial charge is 0.497 e. The molecule has 0 aliphatic heterocycles. The van der Waals surface area contributed by atoms with Gasteiger partial charge in [0, 0.05) is 6.07 Å². The van der Waals surface area contributed by atoms with E-state index in [0.717, 1.165) is 11.6 Å². The van der Waals surface area contributed by atoms with Crippen molar-refractivity contribution in [1.29, 1.82) is 0 Å². The summed E-state index contributed by atoms with van der Waals surface area (Å²) in [5, 5.41) is 29.7. The van der Waals surface area contributed by atoms with E-state index in [1.165, 1.54) is 24.8 Å². The van der Waals surface area contributed by atoms with Gasteiger partial charge in [-0.25, -0.2) is 5.43 Å². The van der Waals surface area contributed by atoms with Crippen LogP contribution in [0.3, 0.4) is 0 Å². The highest BCUT2D eigenvalue weighted by Gasteiger charge is 2.21. The molecule has 0 bridgehead atoms. The van der Waals surface area contributed by atoms with E-state index >= 15 is 0 Å². The minimum Gasteiger partial charge on any atom is -0.497 e. The first-order chi connectivity index (χ1) is 13.5. The van der Waals surface area contributed by atoms with Crippen molar-refractivity contribution in [3.05, 3.63) is 80.9 Å². The molecular formula is C16H15N7O5. The molecule has 0 saturated heterocycles. The highest BCUT2D eigenvalue weighted by atomic mass is 16.6. The number of hydrogen-bond acceptors (Lipinski definition) is 9. The van der Waals surface area contributed by atoms with Crippen molar-refractivity contribution in [3.8, 4) is 5.75 Å². The maximum absolute atomic E-state index is 11.3. The van der Waals surface area contributed by atoms with E-state index in [4.69, 9.17) is 4.74 Å². The first-order valence-corrected chi connectivity index (χ1v) is 7.92. The molecular weight excluding hydrogens is 370 g/mol. The molecule has 3 aromatic rings. The Labute approximate surface area is 158 Å². The number of nitro groups is 2. The molecule has 1 heterocycles. The molecule has 3 rings (SSSR count). The van der Waals surface area contributed by atoms with E-state index in [0.29, 0.717) is 5.75 Å². The summed E-state index contributed by atoms with van der Waals surface area (Å²) in [4.78, 5) is 20.8. The van der Waals surface area contributed by atoms with Crippen LogP contribution in [0.15, 0.2) is 55.1 Å². The summed E-state index contributed by atoms with van der Waals surface area (Å²) in [5.74, 6) is 0.672. The molecule has 12 heteroatoms. The van der Waals surface area contributed by atoms with Crippen molar-refractivity contribution < 1.29 is 14.6 Å². The molecule has 0 radical (unpaired) electrons. The third kappa shape index (κ3) is 4.02. The number of hydrogen-bond donors (Lipinski definition) is 2. The number of nitrogens with one attached hydrogen (secondary N) is 2. The Morgan fingerprint density at radius 1 is 1.04 bits per heavy atom. The van der Waals surface area contributed by atoms with Gasteiger partial charge in [-0.2, -0.15) is 0 Å². The Hall–Kier alpha value is -4.06. The number of aromatic nitrogens is 3. The minimum absolute atomic E-state index is 0.0715. The van der Waals surface area contributed by atoms with Gasteiger partial charge in [0.15, 0.2) is 0 Å². The molecule has 1 atom stereocenters. The summed E-state index contributed by atoms with van der Waals surface area (Å²) >= 11 is 0. The molecule has 0 fully saturated rings. The van der Waals surface area contributed by atoms with Crippen molar-refractivity contribution >= 4 is 17.1 Å². The first kappa shape index (κ1) is 18.7. The predicted octanol–water partition coefficient (Wildman–Crippen LogP) is 2.27. The summed E-state index contributed by atoms with van der Waals surface area (Å²) in [5.41, 5.74) is 5.77. The molecule has 28 heavy (non-hydrogen) atoms. The summed E-state index contributed by atoms with van der Waals surface area (Å²) in [7, 11) is 1.56.